The standard InChI is InChI=1S/C18H21N3O2S/c1-4-20(11-14-5-7-16(23-3)8-6-14)12-15-9-17(22)21-10-13(2)24-18(21)19-15/h5-10H,4,11-12H2,1-3H3. The third-order valence-electron chi connectivity index (χ3n) is 3.93. The van der Waals surface area contributed by atoms with Crippen molar-refractivity contribution in [2.75, 3.05) is 13.7 Å². The summed E-state index contributed by atoms with van der Waals surface area (Å²) in [5, 5.41) is 0. The van der Waals surface area contributed by atoms with Crippen LogP contribution in [0.15, 0.2) is 41.3 Å². The van der Waals surface area contributed by atoms with E-state index in [1.807, 2.05) is 25.3 Å². The quantitative estimate of drug-likeness (QED) is 0.690. The molecule has 0 saturated heterocycles. The number of ether oxygens (including phenoxy) is 1. The highest BCUT2D eigenvalue weighted by Crippen LogP contribution is 2.16. The van der Waals surface area contributed by atoms with Gasteiger partial charge in [0.25, 0.3) is 5.56 Å². The van der Waals surface area contributed by atoms with Crippen molar-refractivity contribution in [1.82, 2.24) is 14.3 Å². The maximum atomic E-state index is 12.2. The van der Waals surface area contributed by atoms with Gasteiger partial charge in [-0.25, -0.2) is 4.98 Å². The number of rotatable bonds is 6. The fourth-order valence-electron chi connectivity index (χ4n) is 2.64. The largest absolute Gasteiger partial charge is 0.497 e. The van der Waals surface area contributed by atoms with Gasteiger partial charge in [0.2, 0.25) is 0 Å². The minimum absolute atomic E-state index is 0.0140. The van der Waals surface area contributed by atoms with Crippen LogP contribution in [-0.2, 0) is 13.1 Å². The first-order valence-corrected chi connectivity index (χ1v) is 8.74. The summed E-state index contributed by atoms with van der Waals surface area (Å²) in [6.45, 7) is 6.46. The lowest BCUT2D eigenvalue weighted by Gasteiger charge is -2.20. The maximum absolute atomic E-state index is 12.2. The lowest BCUT2D eigenvalue weighted by Crippen LogP contribution is -2.24. The van der Waals surface area contributed by atoms with Gasteiger partial charge < -0.3 is 4.74 Å². The van der Waals surface area contributed by atoms with Gasteiger partial charge in [-0.3, -0.25) is 14.1 Å². The molecule has 2 heterocycles. The molecule has 5 nitrogen and oxygen atoms in total. The second-order valence-electron chi connectivity index (χ2n) is 5.73. The van der Waals surface area contributed by atoms with Gasteiger partial charge in [-0.05, 0) is 31.2 Å². The van der Waals surface area contributed by atoms with Crippen molar-refractivity contribution in [3.05, 3.63) is 63.0 Å². The van der Waals surface area contributed by atoms with E-state index in [0.717, 1.165) is 34.4 Å². The van der Waals surface area contributed by atoms with E-state index >= 15 is 0 Å². The van der Waals surface area contributed by atoms with E-state index in [1.54, 1.807) is 28.9 Å². The van der Waals surface area contributed by atoms with Gasteiger partial charge in [0, 0.05) is 30.2 Å². The van der Waals surface area contributed by atoms with E-state index in [1.165, 1.54) is 5.56 Å². The highest BCUT2D eigenvalue weighted by atomic mass is 32.1. The molecule has 0 fully saturated rings. The molecule has 0 amide bonds. The molecule has 126 valence electrons. The molecule has 0 spiro atoms. The molecule has 3 aromatic rings. The highest BCUT2D eigenvalue weighted by molar-refractivity contribution is 7.16. The summed E-state index contributed by atoms with van der Waals surface area (Å²) in [6, 6.07) is 9.70. The van der Waals surface area contributed by atoms with Crippen LogP contribution < -0.4 is 10.3 Å². The van der Waals surface area contributed by atoms with Crippen LogP contribution in [0.1, 0.15) is 23.1 Å². The third kappa shape index (κ3) is 3.66. The van der Waals surface area contributed by atoms with Gasteiger partial charge in [0.15, 0.2) is 4.96 Å². The molecule has 0 aliphatic rings. The Kier molecular flexibility index (Phi) is 4.97. The summed E-state index contributed by atoms with van der Waals surface area (Å²) in [4.78, 5) is 21.0. The molecule has 2 aromatic heterocycles. The smallest absolute Gasteiger partial charge is 0.258 e. The molecule has 0 aliphatic heterocycles. The minimum Gasteiger partial charge on any atom is -0.497 e. The van der Waals surface area contributed by atoms with E-state index < -0.39 is 0 Å². The zero-order valence-electron chi connectivity index (χ0n) is 14.2. The van der Waals surface area contributed by atoms with Crippen LogP contribution in [0.4, 0.5) is 0 Å². The average molecular weight is 343 g/mol. The van der Waals surface area contributed by atoms with Gasteiger partial charge in [0.05, 0.1) is 12.8 Å². The molecule has 0 N–H and O–H groups in total. The molecule has 0 aliphatic carbocycles. The van der Waals surface area contributed by atoms with E-state index in [9.17, 15) is 4.79 Å². The molecule has 0 unspecified atom stereocenters. The first-order valence-electron chi connectivity index (χ1n) is 7.93. The Labute approximate surface area is 145 Å². The molecule has 0 saturated carbocycles. The van der Waals surface area contributed by atoms with Crippen LogP contribution in [0, 0.1) is 6.92 Å². The van der Waals surface area contributed by atoms with Gasteiger partial charge in [0.1, 0.15) is 5.75 Å². The molecule has 0 radical (unpaired) electrons. The molecule has 6 heteroatoms. The Morgan fingerprint density at radius 1 is 1.25 bits per heavy atom. The van der Waals surface area contributed by atoms with Crippen LogP contribution in [0.25, 0.3) is 4.96 Å². The number of fused-ring (bicyclic) bond motifs is 1. The molecule has 0 bridgehead atoms. The van der Waals surface area contributed by atoms with Crippen molar-refractivity contribution in [3.63, 3.8) is 0 Å². The Morgan fingerprint density at radius 2 is 2.00 bits per heavy atom. The van der Waals surface area contributed by atoms with E-state index in [4.69, 9.17) is 4.74 Å². The molecule has 24 heavy (non-hydrogen) atoms. The molecular formula is C18H21N3O2S. The van der Waals surface area contributed by atoms with E-state index in [2.05, 4.69) is 28.9 Å². The third-order valence-corrected chi connectivity index (χ3v) is 4.83. The number of benzene rings is 1. The number of hydrogen-bond donors (Lipinski definition) is 0. The maximum Gasteiger partial charge on any atom is 0.258 e. The zero-order chi connectivity index (χ0) is 17.1. The Morgan fingerprint density at radius 3 is 2.67 bits per heavy atom. The van der Waals surface area contributed by atoms with Crippen molar-refractivity contribution < 1.29 is 4.74 Å². The first kappa shape index (κ1) is 16.7. The van der Waals surface area contributed by atoms with Crippen LogP contribution in [0.2, 0.25) is 0 Å². The lowest BCUT2D eigenvalue weighted by molar-refractivity contribution is 0.268. The van der Waals surface area contributed by atoms with Crippen molar-refractivity contribution in [3.8, 4) is 5.75 Å². The Hall–Kier alpha value is -2.18. The fraction of sp³-hybridized carbons (Fsp3) is 0.333. The van der Waals surface area contributed by atoms with Crippen molar-refractivity contribution in [2.45, 2.75) is 26.9 Å². The number of thiazole rings is 1. The van der Waals surface area contributed by atoms with Crippen LogP contribution in [-0.4, -0.2) is 27.9 Å². The summed E-state index contributed by atoms with van der Waals surface area (Å²) < 4.78 is 6.81. The SMILES string of the molecule is CCN(Cc1ccc(OC)cc1)Cc1cc(=O)n2cc(C)sc2n1. The number of aryl methyl sites for hydroxylation is 1. The number of aromatic nitrogens is 2. The van der Waals surface area contributed by atoms with Crippen molar-refractivity contribution >= 4 is 16.3 Å². The van der Waals surface area contributed by atoms with Crippen LogP contribution in [0.5, 0.6) is 5.75 Å². The van der Waals surface area contributed by atoms with Gasteiger partial charge in [-0.1, -0.05) is 19.1 Å². The molecule has 0 atom stereocenters. The van der Waals surface area contributed by atoms with E-state index in [-0.39, 0.29) is 5.56 Å². The summed E-state index contributed by atoms with van der Waals surface area (Å²) in [6.07, 6.45) is 1.84. The molecular weight excluding hydrogens is 322 g/mol. The number of hydrogen-bond acceptors (Lipinski definition) is 5. The molecule has 3 rings (SSSR count). The van der Waals surface area contributed by atoms with Crippen LogP contribution in [0.3, 0.4) is 0 Å². The monoisotopic (exact) mass is 343 g/mol. The summed E-state index contributed by atoms with van der Waals surface area (Å²) in [5.41, 5.74) is 2.01. The number of nitrogens with zero attached hydrogens (tertiary/aromatic N) is 3. The zero-order valence-corrected chi connectivity index (χ0v) is 15.0. The normalized spacial score (nSPS) is 11.3. The first-order chi connectivity index (χ1) is 11.6. The Bertz CT molecular complexity index is 883. The predicted molar refractivity (Wildman–Crippen MR) is 96.9 cm³/mol. The van der Waals surface area contributed by atoms with Crippen molar-refractivity contribution in [2.24, 2.45) is 0 Å². The van der Waals surface area contributed by atoms with Crippen molar-refractivity contribution in [1.29, 1.82) is 0 Å². The Balaban J connectivity index is 1.78. The van der Waals surface area contributed by atoms with Gasteiger partial charge in [-0.15, -0.1) is 11.3 Å². The second kappa shape index (κ2) is 7.15. The summed E-state index contributed by atoms with van der Waals surface area (Å²) in [7, 11) is 1.67. The summed E-state index contributed by atoms with van der Waals surface area (Å²) >= 11 is 1.54. The number of methoxy groups -OCH3 is 1. The topological polar surface area (TPSA) is 46.8 Å². The van der Waals surface area contributed by atoms with E-state index in [0.29, 0.717) is 6.54 Å². The lowest BCUT2D eigenvalue weighted by atomic mass is 10.2. The molecule has 1 aromatic carbocycles. The fourth-order valence-corrected chi connectivity index (χ4v) is 3.49. The minimum atomic E-state index is -0.0140. The average Bonchev–Trinajstić information content (AvgIpc) is 2.96. The van der Waals surface area contributed by atoms with Gasteiger partial charge in [-0.2, -0.15) is 0 Å². The van der Waals surface area contributed by atoms with Crippen LogP contribution >= 0.6 is 11.3 Å². The van der Waals surface area contributed by atoms with Gasteiger partial charge >= 0.3 is 0 Å². The summed E-state index contributed by atoms with van der Waals surface area (Å²) in [5.74, 6) is 0.856. The second-order valence-corrected chi connectivity index (χ2v) is 6.94. The predicted octanol–water partition coefficient (Wildman–Crippen LogP) is 3.10. The highest BCUT2D eigenvalue weighted by Gasteiger charge is 2.10.